The second kappa shape index (κ2) is 6.15. The van der Waals surface area contributed by atoms with Gasteiger partial charge in [0.1, 0.15) is 23.5 Å². The van der Waals surface area contributed by atoms with Gasteiger partial charge >= 0.3 is 0 Å². The summed E-state index contributed by atoms with van der Waals surface area (Å²) in [5, 5.41) is 0.941. The molecular formula is C19H22N4O. The first-order chi connectivity index (χ1) is 11.8. The van der Waals surface area contributed by atoms with Crippen LogP contribution in [0.25, 0.3) is 22.2 Å². The van der Waals surface area contributed by atoms with Gasteiger partial charge in [-0.25, -0.2) is 9.97 Å². The summed E-state index contributed by atoms with van der Waals surface area (Å²) in [4.78, 5) is 8.76. The Balaban J connectivity index is 1.91. The minimum absolute atomic E-state index is 0.495. The van der Waals surface area contributed by atoms with Crippen LogP contribution in [0.5, 0.6) is 5.75 Å². The van der Waals surface area contributed by atoms with Gasteiger partial charge in [0, 0.05) is 17.8 Å². The van der Waals surface area contributed by atoms with Gasteiger partial charge < -0.3 is 15.0 Å². The van der Waals surface area contributed by atoms with Gasteiger partial charge in [-0.1, -0.05) is 31.4 Å². The van der Waals surface area contributed by atoms with E-state index in [0.717, 1.165) is 27.9 Å². The highest BCUT2D eigenvalue weighted by atomic mass is 16.5. The number of methoxy groups -OCH3 is 1. The lowest BCUT2D eigenvalue weighted by Gasteiger charge is -2.23. The molecule has 2 N–H and O–H groups in total. The van der Waals surface area contributed by atoms with Crippen LogP contribution < -0.4 is 10.5 Å². The largest absolute Gasteiger partial charge is 0.497 e. The van der Waals surface area contributed by atoms with Crippen LogP contribution in [0.4, 0.5) is 5.82 Å². The highest BCUT2D eigenvalue weighted by Crippen LogP contribution is 2.38. The summed E-state index contributed by atoms with van der Waals surface area (Å²) in [5.41, 5.74) is 9.30. The number of hydrogen-bond donors (Lipinski definition) is 1. The summed E-state index contributed by atoms with van der Waals surface area (Å²) in [6, 6.07) is 8.55. The van der Waals surface area contributed by atoms with E-state index in [1.807, 2.05) is 18.2 Å². The summed E-state index contributed by atoms with van der Waals surface area (Å²) in [6.07, 6.45) is 10.0. The van der Waals surface area contributed by atoms with Crippen LogP contribution >= 0.6 is 0 Å². The van der Waals surface area contributed by atoms with Gasteiger partial charge in [-0.3, -0.25) is 0 Å². The molecular weight excluding hydrogens is 300 g/mol. The average molecular weight is 322 g/mol. The Labute approximate surface area is 141 Å². The van der Waals surface area contributed by atoms with E-state index in [0.29, 0.717) is 11.9 Å². The number of rotatable bonds is 3. The fraction of sp³-hybridized carbons (Fsp3) is 0.368. The van der Waals surface area contributed by atoms with Crippen molar-refractivity contribution in [1.29, 1.82) is 0 Å². The molecule has 2 aromatic heterocycles. The molecule has 0 saturated heterocycles. The summed E-state index contributed by atoms with van der Waals surface area (Å²) >= 11 is 0. The number of nitrogen functional groups attached to an aromatic ring is 1. The normalized spacial score (nSPS) is 15.7. The molecule has 5 nitrogen and oxygen atoms in total. The van der Waals surface area contributed by atoms with Crippen molar-refractivity contribution in [3.05, 3.63) is 36.8 Å². The molecule has 5 heteroatoms. The lowest BCUT2D eigenvalue weighted by molar-refractivity contribution is 0.360. The molecule has 0 bridgehead atoms. The number of aromatic nitrogens is 3. The Morgan fingerprint density at radius 2 is 2.00 bits per heavy atom. The molecule has 24 heavy (non-hydrogen) atoms. The van der Waals surface area contributed by atoms with Crippen molar-refractivity contribution in [1.82, 2.24) is 14.5 Å². The molecule has 124 valence electrons. The van der Waals surface area contributed by atoms with E-state index in [2.05, 4.69) is 26.8 Å². The Bertz CT molecular complexity index is 865. The second-order valence-electron chi connectivity index (χ2n) is 6.43. The Morgan fingerprint density at radius 3 is 2.79 bits per heavy atom. The molecule has 1 aliphatic carbocycles. The smallest absolute Gasteiger partial charge is 0.146 e. The van der Waals surface area contributed by atoms with Gasteiger partial charge in [0.15, 0.2) is 0 Å². The maximum atomic E-state index is 6.21. The molecule has 4 rings (SSSR count). The van der Waals surface area contributed by atoms with E-state index in [9.17, 15) is 0 Å². The highest BCUT2D eigenvalue weighted by molar-refractivity contribution is 6.00. The molecule has 1 aromatic carbocycles. The summed E-state index contributed by atoms with van der Waals surface area (Å²) in [7, 11) is 1.68. The van der Waals surface area contributed by atoms with E-state index in [-0.39, 0.29) is 0 Å². The maximum absolute atomic E-state index is 6.21. The summed E-state index contributed by atoms with van der Waals surface area (Å²) < 4.78 is 7.68. The quantitative estimate of drug-likeness (QED) is 0.785. The first kappa shape index (κ1) is 15.0. The summed E-state index contributed by atoms with van der Waals surface area (Å²) in [5.74, 6) is 1.37. The van der Waals surface area contributed by atoms with Gasteiger partial charge in [0.2, 0.25) is 0 Å². The van der Waals surface area contributed by atoms with Gasteiger partial charge in [0.05, 0.1) is 12.5 Å². The Hall–Kier alpha value is -2.56. The predicted octanol–water partition coefficient (Wildman–Crippen LogP) is 4.19. The minimum Gasteiger partial charge on any atom is -0.497 e. The third-order valence-electron chi connectivity index (χ3n) is 4.99. The van der Waals surface area contributed by atoms with Crippen molar-refractivity contribution < 1.29 is 4.74 Å². The Kier molecular flexibility index (Phi) is 3.84. The van der Waals surface area contributed by atoms with Crippen molar-refractivity contribution in [3.8, 4) is 16.9 Å². The molecule has 0 radical (unpaired) electrons. The fourth-order valence-corrected chi connectivity index (χ4v) is 3.76. The molecule has 0 spiro atoms. The second-order valence-corrected chi connectivity index (χ2v) is 6.43. The molecule has 0 amide bonds. The molecule has 2 heterocycles. The fourth-order valence-electron chi connectivity index (χ4n) is 3.76. The molecule has 1 fully saturated rings. The SMILES string of the molecule is COc1cccc(-c2cn(C3CCCCC3)c3ncnc(N)c23)c1. The zero-order chi connectivity index (χ0) is 16.5. The van der Waals surface area contributed by atoms with E-state index in [4.69, 9.17) is 10.5 Å². The van der Waals surface area contributed by atoms with E-state index in [1.165, 1.54) is 32.1 Å². The number of hydrogen-bond acceptors (Lipinski definition) is 4. The maximum Gasteiger partial charge on any atom is 0.146 e. The third-order valence-corrected chi connectivity index (χ3v) is 4.99. The van der Waals surface area contributed by atoms with Crippen LogP contribution in [-0.2, 0) is 0 Å². The first-order valence-electron chi connectivity index (χ1n) is 8.53. The van der Waals surface area contributed by atoms with Crippen molar-refractivity contribution in [2.24, 2.45) is 0 Å². The van der Waals surface area contributed by atoms with Crippen molar-refractivity contribution in [2.75, 3.05) is 12.8 Å². The molecule has 1 saturated carbocycles. The third kappa shape index (κ3) is 2.50. The first-order valence-corrected chi connectivity index (χ1v) is 8.53. The number of anilines is 1. The topological polar surface area (TPSA) is 66.0 Å². The average Bonchev–Trinajstić information content (AvgIpc) is 3.04. The van der Waals surface area contributed by atoms with Crippen molar-refractivity contribution in [3.63, 3.8) is 0 Å². The van der Waals surface area contributed by atoms with Gasteiger partial charge in [-0.05, 0) is 30.5 Å². The monoisotopic (exact) mass is 322 g/mol. The van der Waals surface area contributed by atoms with Crippen LogP contribution in [-0.4, -0.2) is 21.6 Å². The lowest BCUT2D eigenvalue weighted by atomic mass is 9.95. The highest BCUT2D eigenvalue weighted by Gasteiger charge is 2.22. The van der Waals surface area contributed by atoms with Gasteiger partial charge in [-0.15, -0.1) is 0 Å². The van der Waals surface area contributed by atoms with Crippen molar-refractivity contribution in [2.45, 2.75) is 38.1 Å². The molecule has 0 atom stereocenters. The van der Waals surface area contributed by atoms with E-state index >= 15 is 0 Å². The standard InChI is InChI=1S/C19H22N4O/c1-24-15-9-5-6-13(10-15)16-11-23(14-7-3-2-4-8-14)19-17(16)18(20)21-12-22-19/h5-6,9-12,14H,2-4,7-8H2,1H3,(H2,20,21,22). The molecule has 0 aliphatic heterocycles. The van der Waals surface area contributed by atoms with Gasteiger partial charge in [-0.2, -0.15) is 0 Å². The number of nitrogens with two attached hydrogens (primary N) is 1. The molecule has 1 aliphatic rings. The molecule has 0 unspecified atom stereocenters. The van der Waals surface area contributed by atoms with E-state index < -0.39 is 0 Å². The van der Waals surface area contributed by atoms with Crippen LogP contribution in [0.1, 0.15) is 38.1 Å². The number of benzene rings is 1. The predicted molar refractivity (Wildman–Crippen MR) is 96.1 cm³/mol. The van der Waals surface area contributed by atoms with Gasteiger partial charge in [0.25, 0.3) is 0 Å². The van der Waals surface area contributed by atoms with Crippen LogP contribution in [0.15, 0.2) is 36.8 Å². The number of nitrogens with zero attached hydrogens (tertiary/aromatic N) is 3. The lowest BCUT2D eigenvalue weighted by Crippen LogP contribution is -2.12. The molecule has 3 aromatic rings. The van der Waals surface area contributed by atoms with Crippen LogP contribution in [0.2, 0.25) is 0 Å². The van der Waals surface area contributed by atoms with Crippen LogP contribution in [0, 0.1) is 0 Å². The summed E-state index contributed by atoms with van der Waals surface area (Å²) in [6.45, 7) is 0. The Morgan fingerprint density at radius 1 is 1.17 bits per heavy atom. The van der Waals surface area contributed by atoms with Crippen LogP contribution in [0.3, 0.4) is 0 Å². The van der Waals surface area contributed by atoms with E-state index in [1.54, 1.807) is 13.4 Å². The minimum atomic E-state index is 0.495. The number of fused-ring (bicyclic) bond motifs is 1. The van der Waals surface area contributed by atoms with Crippen molar-refractivity contribution >= 4 is 16.9 Å². The zero-order valence-corrected chi connectivity index (χ0v) is 13.9. The number of ether oxygens (including phenoxy) is 1. The zero-order valence-electron chi connectivity index (χ0n) is 13.9.